The van der Waals surface area contributed by atoms with E-state index in [9.17, 15) is 10.0 Å². The highest BCUT2D eigenvalue weighted by atomic mass is 16.5. The van der Waals surface area contributed by atoms with Crippen molar-refractivity contribution in [3.8, 4) is 0 Å². The summed E-state index contributed by atoms with van der Waals surface area (Å²) in [6.45, 7) is 3.26. The number of ether oxygens (including phenoxy) is 1. The molecule has 2 heterocycles. The first kappa shape index (κ1) is 19.9. The molecule has 0 bridgehead atoms. The van der Waals surface area contributed by atoms with Crippen molar-refractivity contribution in [3.63, 3.8) is 0 Å². The largest absolute Gasteiger partial charge is 0.691 e. The number of unbranched alkanes of at least 4 members (excludes halogenated alkanes) is 5. The van der Waals surface area contributed by atoms with Crippen molar-refractivity contribution >= 4 is 16.9 Å². The Morgan fingerprint density at radius 2 is 1.86 bits per heavy atom. The van der Waals surface area contributed by atoms with Crippen molar-refractivity contribution in [1.29, 1.82) is 0 Å². The first-order chi connectivity index (χ1) is 13.7. The lowest BCUT2D eigenvalue weighted by atomic mass is 10.1. The molecule has 28 heavy (non-hydrogen) atoms. The monoisotopic (exact) mass is 382 g/mol. The van der Waals surface area contributed by atoms with Crippen molar-refractivity contribution in [2.24, 2.45) is 0 Å². The van der Waals surface area contributed by atoms with E-state index < -0.39 is 5.91 Å². The van der Waals surface area contributed by atoms with Crippen LogP contribution in [0.15, 0.2) is 42.5 Å². The molecule has 0 aliphatic carbocycles. The summed E-state index contributed by atoms with van der Waals surface area (Å²) in [5.74, 6) is -0.441. The second kappa shape index (κ2) is 9.94. The smallest absolute Gasteiger partial charge is 0.385 e. The predicted octanol–water partition coefficient (Wildman–Crippen LogP) is 3.63. The summed E-state index contributed by atoms with van der Waals surface area (Å²) in [5.41, 5.74) is 1.71. The minimum Gasteiger partial charge on any atom is -0.691 e. The fourth-order valence-corrected chi connectivity index (χ4v) is 3.08. The van der Waals surface area contributed by atoms with E-state index in [1.54, 1.807) is 36.4 Å². The standard InChI is InChI=1S/C21H26N4O3/c1-2-3-4-5-6-9-15-28-16-17-11-10-12-18(22-17)21(26)24-19-13-7-8-14-20(19)25(27)23-24/h7-8,10-14H,2-6,9,15-16H2,1H3. The summed E-state index contributed by atoms with van der Waals surface area (Å²) in [4.78, 5) is 17.6. The highest BCUT2D eigenvalue weighted by molar-refractivity contribution is 5.98. The zero-order valence-electron chi connectivity index (χ0n) is 16.2. The highest BCUT2D eigenvalue weighted by Gasteiger charge is 2.23. The first-order valence-corrected chi connectivity index (χ1v) is 9.86. The van der Waals surface area contributed by atoms with Crippen LogP contribution in [0.2, 0.25) is 0 Å². The van der Waals surface area contributed by atoms with Gasteiger partial charge >= 0.3 is 5.91 Å². The molecule has 0 aliphatic heterocycles. The van der Waals surface area contributed by atoms with Crippen molar-refractivity contribution in [1.82, 2.24) is 14.9 Å². The van der Waals surface area contributed by atoms with Gasteiger partial charge in [-0.2, -0.15) is 0 Å². The van der Waals surface area contributed by atoms with Gasteiger partial charge in [-0.15, -0.1) is 4.85 Å². The van der Waals surface area contributed by atoms with Crippen molar-refractivity contribution in [3.05, 3.63) is 59.1 Å². The van der Waals surface area contributed by atoms with Gasteiger partial charge in [0.2, 0.25) is 11.0 Å². The average molecular weight is 382 g/mol. The number of nitrogens with zero attached hydrogens (tertiary/aromatic N) is 4. The van der Waals surface area contributed by atoms with E-state index in [2.05, 4.69) is 17.1 Å². The van der Waals surface area contributed by atoms with Crippen molar-refractivity contribution in [2.75, 3.05) is 6.61 Å². The molecule has 0 atom stereocenters. The third kappa shape index (κ3) is 4.92. The molecule has 148 valence electrons. The zero-order valence-corrected chi connectivity index (χ0v) is 16.2. The molecule has 0 saturated carbocycles. The third-order valence-corrected chi connectivity index (χ3v) is 4.60. The number of carbonyl (C=O) groups excluding carboxylic acids is 1. The highest BCUT2D eigenvalue weighted by Crippen LogP contribution is 2.11. The molecular weight excluding hydrogens is 356 g/mol. The second-order valence-corrected chi connectivity index (χ2v) is 6.80. The number of fused-ring (bicyclic) bond motifs is 1. The van der Waals surface area contributed by atoms with E-state index in [0.717, 1.165) is 11.1 Å². The number of rotatable bonds is 10. The van der Waals surface area contributed by atoms with Gasteiger partial charge in [0.25, 0.3) is 0 Å². The Morgan fingerprint density at radius 1 is 1.07 bits per heavy atom. The number of benzene rings is 1. The van der Waals surface area contributed by atoms with Crippen LogP contribution in [0.1, 0.15) is 61.6 Å². The Bertz CT molecular complexity index is 923. The number of carbonyl (C=O) groups is 1. The summed E-state index contributed by atoms with van der Waals surface area (Å²) < 4.78 is 6.78. The van der Waals surface area contributed by atoms with Crippen LogP contribution in [0.5, 0.6) is 0 Å². The number of pyridine rings is 1. The predicted molar refractivity (Wildman–Crippen MR) is 106 cm³/mol. The topological polar surface area (TPSA) is 84.0 Å². The Balaban J connectivity index is 1.58. The quantitative estimate of drug-likeness (QED) is 0.304. The molecule has 3 rings (SSSR count). The molecule has 0 N–H and O–H groups in total. The van der Waals surface area contributed by atoms with E-state index in [1.165, 1.54) is 32.1 Å². The Hall–Kier alpha value is -2.80. The van der Waals surface area contributed by atoms with Crippen LogP contribution in [-0.4, -0.2) is 27.4 Å². The van der Waals surface area contributed by atoms with Gasteiger partial charge in [-0.1, -0.05) is 61.9 Å². The maximum Gasteiger partial charge on any atom is 0.385 e. The molecule has 0 spiro atoms. The Labute approximate surface area is 164 Å². The van der Waals surface area contributed by atoms with Crippen LogP contribution < -0.4 is 4.85 Å². The molecule has 0 unspecified atom stereocenters. The normalized spacial score (nSPS) is 11.2. The molecule has 1 aromatic carbocycles. The van der Waals surface area contributed by atoms with Gasteiger partial charge in [0.1, 0.15) is 5.21 Å². The van der Waals surface area contributed by atoms with Gasteiger partial charge in [-0.25, -0.2) is 9.78 Å². The minimum absolute atomic E-state index is 0.231. The molecular formula is C21H26N4O3. The van der Waals surface area contributed by atoms with Crippen LogP contribution in [-0.2, 0) is 11.3 Å². The van der Waals surface area contributed by atoms with Crippen LogP contribution in [0.3, 0.4) is 0 Å². The fraction of sp³-hybridized carbons (Fsp3) is 0.429. The van der Waals surface area contributed by atoms with Crippen LogP contribution >= 0.6 is 0 Å². The number of para-hydroxylation sites is 2. The van der Waals surface area contributed by atoms with E-state index in [1.807, 2.05) is 6.07 Å². The van der Waals surface area contributed by atoms with Crippen molar-refractivity contribution in [2.45, 2.75) is 52.1 Å². The SMILES string of the molecule is CCCCCCCCOCc1cccc(C(=O)n2n[n+]([O-])c3ccccc32)n1. The first-order valence-electron chi connectivity index (χ1n) is 9.86. The maximum absolute atomic E-state index is 12.8. The summed E-state index contributed by atoms with van der Waals surface area (Å²) in [7, 11) is 0. The summed E-state index contributed by atoms with van der Waals surface area (Å²) in [5, 5.41) is 15.6. The lowest BCUT2D eigenvalue weighted by Gasteiger charge is -2.05. The average Bonchev–Trinajstić information content (AvgIpc) is 3.06. The summed E-state index contributed by atoms with van der Waals surface area (Å²) in [6.07, 6.45) is 7.28. The minimum atomic E-state index is -0.441. The van der Waals surface area contributed by atoms with Crippen LogP contribution in [0.4, 0.5) is 0 Å². The molecule has 0 saturated heterocycles. The third-order valence-electron chi connectivity index (χ3n) is 4.60. The van der Waals surface area contributed by atoms with E-state index in [-0.39, 0.29) is 5.69 Å². The lowest BCUT2D eigenvalue weighted by Crippen LogP contribution is -2.31. The lowest BCUT2D eigenvalue weighted by molar-refractivity contribution is -0.645. The Kier molecular flexibility index (Phi) is 7.08. The molecule has 0 radical (unpaired) electrons. The van der Waals surface area contributed by atoms with Gasteiger partial charge < -0.3 is 9.94 Å². The number of hydrogen-bond donors (Lipinski definition) is 0. The van der Waals surface area contributed by atoms with Gasteiger partial charge in [0, 0.05) is 6.61 Å². The van der Waals surface area contributed by atoms with Gasteiger partial charge in [0.15, 0.2) is 5.69 Å². The number of hydrogen-bond acceptors (Lipinski definition) is 5. The van der Waals surface area contributed by atoms with E-state index in [4.69, 9.17) is 4.74 Å². The summed E-state index contributed by atoms with van der Waals surface area (Å²) in [6, 6.07) is 12.0. The molecule has 7 nitrogen and oxygen atoms in total. The van der Waals surface area contributed by atoms with Gasteiger partial charge in [-0.3, -0.25) is 0 Å². The molecule has 2 aromatic heterocycles. The summed E-state index contributed by atoms with van der Waals surface area (Å²) >= 11 is 0. The number of aromatic nitrogens is 4. The molecule has 0 amide bonds. The maximum atomic E-state index is 12.8. The second-order valence-electron chi connectivity index (χ2n) is 6.80. The van der Waals surface area contributed by atoms with E-state index in [0.29, 0.717) is 34.8 Å². The molecule has 7 heteroatoms. The van der Waals surface area contributed by atoms with E-state index >= 15 is 0 Å². The van der Waals surface area contributed by atoms with Crippen LogP contribution in [0, 0.1) is 5.21 Å². The van der Waals surface area contributed by atoms with Crippen molar-refractivity contribution < 1.29 is 14.4 Å². The molecule has 0 aliphatic rings. The molecule has 0 fully saturated rings. The Morgan fingerprint density at radius 3 is 2.71 bits per heavy atom. The van der Waals surface area contributed by atoms with Gasteiger partial charge in [-0.05, 0) is 30.7 Å². The van der Waals surface area contributed by atoms with Gasteiger partial charge in [0.05, 0.1) is 12.3 Å². The zero-order chi connectivity index (χ0) is 19.8. The van der Waals surface area contributed by atoms with Crippen LogP contribution in [0.25, 0.3) is 11.0 Å². The molecule has 3 aromatic rings. The fourth-order valence-electron chi connectivity index (χ4n) is 3.08.